The van der Waals surface area contributed by atoms with Gasteiger partial charge in [0.25, 0.3) is 0 Å². The number of azide groups is 3. The quantitative estimate of drug-likeness (QED) is 0.277. The number of aliphatic hydroxyl groups excluding tert-OH is 2. The van der Waals surface area contributed by atoms with Gasteiger partial charge < -0.3 is 19.7 Å². The molecule has 0 radical (unpaired) electrons. The standard InChI is InChI=1S/C21H29FN10O4/c1-32(11-12-5-3-2-4-6-12)16(10-22)17-8-7-13(26-29-23)21(35-17)36-20-15(28-31-25)9-14(27-30-24)18(33)19(20)34/h2-6,13-21,33-34H,7-11H2,1H3/t13-,14-,15+,16-,17+,18+,19-,20-,21-/m1/s1. The minimum atomic E-state index is -1.59. The summed E-state index contributed by atoms with van der Waals surface area (Å²) in [6.07, 6.45) is -5.49. The van der Waals surface area contributed by atoms with E-state index in [1.54, 1.807) is 7.05 Å². The predicted octanol–water partition coefficient (Wildman–Crippen LogP) is 3.51. The second-order valence-electron chi connectivity index (χ2n) is 8.88. The molecule has 2 N–H and O–H groups in total. The van der Waals surface area contributed by atoms with Crippen molar-refractivity contribution < 1.29 is 24.1 Å². The summed E-state index contributed by atoms with van der Waals surface area (Å²) < 4.78 is 26.2. The lowest BCUT2D eigenvalue weighted by Gasteiger charge is -2.44. The molecule has 0 aromatic heterocycles. The van der Waals surface area contributed by atoms with E-state index in [2.05, 4.69) is 30.1 Å². The number of hydrogen-bond acceptors (Lipinski definition) is 8. The lowest BCUT2D eigenvalue weighted by atomic mass is 9.84. The highest BCUT2D eigenvalue weighted by atomic mass is 19.1. The van der Waals surface area contributed by atoms with Crippen LogP contribution in [-0.2, 0) is 16.0 Å². The van der Waals surface area contributed by atoms with Crippen LogP contribution in [0.15, 0.2) is 45.7 Å². The topological polar surface area (TPSA) is 208 Å². The van der Waals surface area contributed by atoms with Crippen LogP contribution in [0, 0.1) is 0 Å². The molecule has 2 aliphatic rings. The summed E-state index contributed by atoms with van der Waals surface area (Å²) >= 11 is 0. The number of rotatable bonds is 10. The van der Waals surface area contributed by atoms with Crippen molar-refractivity contribution in [3.63, 3.8) is 0 Å². The van der Waals surface area contributed by atoms with E-state index in [1.807, 2.05) is 35.2 Å². The van der Waals surface area contributed by atoms with Gasteiger partial charge in [0, 0.05) is 21.3 Å². The maximum Gasteiger partial charge on any atom is 0.167 e. The molecule has 0 unspecified atom stereocenters. The number of nitrogens with zero attached hydrogens (tertiary/aromatic N) is 10. The minimum absolute atomic E-state index is 0.0771. The molecule has 0 amide bonds. The van der Waals surface area contributed by atoms with Gasteiger partial charge in [0.2, 0.25) is 0 Å². The van der Waals surface area contributed by atoms with Crippen molar-refractivity contribution in [3.8, 4) is 0 Å². The van der Waals surface area contributed by atoms with Gasteiger partial charge in [-0.2, -0.15) is 0 Å². The van der Waals surface area contributed by atoms with Crippen LogP contribution in [0.2, 0.25) is 0 Å². The number of aliphatic hydroxyl groups is 2. The Morgan fingerprint density at radius 1 is 1.03 bits per heavy atom. The van der Waals surface area contributed by atoms with Gasteiger partial charge in [0.05, 0.1) is 42.5 Å². The average Bonchev–Trinajstić information content (AvgIpc) is 2.87. The van der Waals surface area contributed by atoms with Crippen LogP contribution in [0.3, 0.4) is 0 Å². The summed E-state index contributed by atoms with van der Waals surface area (Å²) in [6, 6.07) is 6.11. The fourth-order valence-electron chi connectivity index (χ4n) is 4.73. The Hall–Kier alpha value is -3.12. The molecular formula is C21H29FN10O4. The van der Waals surface area contributed by atoms with E-state index < -0.39 is 61.5 Å². The molecule has 0 bridgehead atoms. The number of hydrogen-bond donors (Lipinski definition) is 2. The third-order valence-electron chi connectivity index (χ3n) is 6.63. The Bertz CT molecular complexity index is 1000. The van der Waals surface area contributed by atoms with Crippen LogP contribution in [0.25, 0.3) is 31.3 Å². The molecule has 1 heterocycles. The first kappa shape index (κ1) is 27.5. The van der Waals surface area contributed by atoms with E-state index in [0.29, 0.717) is 19.4 Å². The molecule has 1 saturated carbocycles. The average molecular weight is 505 g/mol. The zero-order valence-corrected chi connectivity index (χ0v) is 19.7. The van der Waals surface area contributed by atoms with Crippen LogP contribution < -0.4 is 0 Å². The second kappa shape index (κ2) is 13.3. The summed E-state index contributed by atoms with van der Waals surface area (Å²) in [4.78, 5) is 10.1. The normalized spacial score (nSPS) is 33.0. The van der Waals surface area contributed by atoms with Crippen molar-refractivity contribution in [3.05, 3.63) is 67.2 Å². The van der Waals surface area contributed by atoms with Crippen LogP contribution >= 0.6 is 0 Å². The molecule has 36 heavy (non-hydrogen) atoms. The molecule has 1 aliphatic carbocycles. The van der Waals surface area contributed by atoms with Gasteiger partial charge in [-0.15, -0.1) is 0 Å². The highest BCUT2D eigenvalue weighted by Gasteiger charge is 2.47. The number of likely N-dealkylation sites (N-methyl/N-ethyl adjacent to an activating group) is 1. The molecule has 194 valence electrons. The Balaban J connectivity index is 1.79. The molecule has 1 aromatic rings. The molecule has 1 saturated heterocycles. The Kier molecular flexibility index (Phi) is 10.1. The first-order valence-corrected chi connectivity index (χ1v) is 11.5. The highest BCUT2D eigenvalue weighted by molar-refractivity contribution is 5.14. The van der Waals surface area contributed by atoms with Crippen molar-refractivity contribution in [2.24, 2.45) is 15.3 Å². The lowest BCUT2D eigenvalue weighted by Crippen LogP contribution is -2.58. The van der Waals surface area contributed by atoms with Crippen LogP contribution in [0.5, 0.6) is 0 Å². The van der Waals surface area contributed by atoms with E-state index in [-0.39, 0.29) is 6.42 Å². The summed E-state index contributed by atoms with van der Waals surface area (Å²) in [5.74, 6) is 0. The van der Waals surface area contributed by atoms with Crippen molar-refractivity contribution in [2.45, 2.75) is 80.7 Å². The second-order valence-corrected chi connectivity index (χ2v) is 8.88. The van der Waals surface area contributed by atoms with Gasteiger partial charge in [0.15, 0.2) is 6.29 Å². The molecule has 1 aromatic carbocycles. The Morgan fingerprint density at radius 3 is 2.31 bits per heavy atom. The van der Waals surface area contributed by atoms with Gasteiger partial charge in [0.1, 0.15) is 12.8 Å². The van der Waals surface area contributed by atoms with Gasteiger partial charge in [-0.25, -0.2) is 4.39 Å². The molecule has 0 spiro atoms. The minimum Gasteiger partial charge on any atom is -0.390 e. The van der Waals surface area contributed by atoms with E-state index in [9.17, 15) is 14.6 Å². The summed E-state index contributed by atoms with van der Waals surface area (Å²) in [7, 11) is 1.78. The molecule has 15 heteroatoms. The van der Waals surface area contributed by atoms with Gasteiger partial charge in [-0.05, 0) is 48.5 Å². The highest BCUT2D eigenvalue weighted by Crippen LogP contribution is 2.33. The summed E-state index contributed by atoms with van der Waals surface area (Å²) in [5, 5.41) is 31.9. The third kappa shape index (κ3) is 6.55. The number of halogens is 1. The predicted molar refractivity (Wildman–Crippen MR) is 126 cm³/mol. The van der Waals surface area contributed by atoms with E-state index in [4.69, 9.17) is 26.1 Å². The van der Waals surface area contributed by atoms with Crippen LogP contribution in [0.4, 0.5) is 4.39 Å². The van der Waals surface area contributed by atoms with Crippen molar-refractivity contribution in [1.29, 1.82) is 0 Å². The van der Waals surface area contributed by atoms with E-state index in [0.717, 1.165) is 5.56 Å². The van der Waals surface area contributed by atoms with Crippen molar-refractivity contribution in [2.75, 3.05) is 13.7 Å². The molecule has 1 aliphatic heterocycles. The fraction of sp³-hybridized carbons (Fsp3) is 0.714. The zero-order chi connectivity index (χ0) is 26.1. The van der Waals surface area contributed by atoms with Gasteiger partial charge in [-0.1, -0.05) is 45.7 Å². The first-order chi connectivity index (χ1) is 17.4. The summed E-state index contributed by atoms with van der Waals surface area (Å²) in [5.41, 5.74) is 27.7. The maximum absolute atomic E-state index is 14.2. The van der Waals surface area contributed by atoms with Crippen LogP contribution in [-0.4, -0.2) is 83.7 Å². The maximum atomic E-state index is 14.2. The monoisotopic (exact) mass is 504 g/mol. The largest absolute Gasteiger partial charge is 0.390 e. The Labute approximate surface area is 206 Å². The molecule has 3 rings (SSSR count). The summed E-state index contributed by atoms with van der Waals surface area (Å²) in [6.45, 7) is -0.221. The molecular weight excluding hydrogens is 475 g/mol. The van der Waals surface area contributed by atoms with Gasteiger partial charge >= 0.3 is 0 Å². The van der Waals surface area contributed by atoms with E-state index in [1.165, 1.54) is 0 Å². The SMILES string of the molecule is CN(Cc1ccccc1)[C@H](CF)[C@@H]1CC[C@@H](N=[N+]=[N-])[C@@H](O[C@H]2[C@H](O)[C@@H](O)[C@H](N=[N+]=[N-])C[C@@H]2N=[N+]=[N-])O1. The molecule has 2 fully saturated rings. The van der Waals surface area contributed by atoms with Crippen molar-refractivity contribution >= 4 is 0 Å². The third-order valence-corrected chi connectivity index (χ3v) is 6.63. The smallest absolute Gasteiger partial charge is 0.167 e. The van der Waals surface area contributed by atoms with Crippen molar-refractivity contribution in [1.82, 2.24) is 4.90 Å². The van der Waals surface area contributed by atoms with E-state index >= 15 is 0 Å². The first-order valence-electron chi connectivity index (χ1n) is 11.5. The zero-order valence-electron chi connectivity index (χ0n) is 19.7. The van der Waals surface area contributed by atoms with Crippen LogP contribution in [0.1, 0.15) is 24.8 Å². The number of benzene rings is 1. The number of ether oxygens (including phenoxy) is 2. The van der Waals surface area contributed by atoms with Gasteiger partial charge in [-0.3, -0.25) is 4.90 Å². The fourth-order valence-corrected chi connectivity index (χ4v) is 4.73. The molecule has 9 atom stereocenters. The molecule has 14 nitrogen and oxygen atoms in total. The number of alkyl halides is 1. The Morgan fingerprint density at radius 2 is 1.67 bits per heavy atom. The lowest BCUT2D eigenvalue weighted by molar-refractivity contribution is -0.260.